The monoisotopic (exact) mass is 350 g/mol. The van der Waals surface area contributed by atoms with Crippen LogP contribution in [0.3, 0.4) is 0 Å². The maximum Gasteiger partial charge on any atom is 0.416 e. The van der Waals surface area contributed by atoms with Gasteiger partial charge in [-0.15, -0.1) is 0 Å². The third kappa shape index (κ3) is 3.05. The molecule has 120 valence electrons. The first-order valence-corrected chi connectivity index (χ1v) is 9.22. The fraction of sp³-hybridized carbons (Fsp3) is 0.462. The number of anilines is 1. The first-order valence-electron chi connectivity index (χ1n) is 6.59. The first-order chi connectivity index (χ1) is 10.1. The first kappa shape index (κ1) is 15.5. The lowest BCUT2D eigenvalue weighted by atomic mass is 10.1. The van der Waals surface area contributed by atoms with Crippen molar-refractivity contribution < 1.29 is 21.6 Å². The van der Waals surface area contributed by atoms with Crippen LogP contribution in [0.2, 0.25) is 0 Å². The summed E-state index contributed by atoms with van der Waals surface area (Å²) in [4.78, 5) is 4.15. The number of aromatic nitrogens is 1. The molecule has 0 unspecified atom stereocenters. The van der Waals surface area contributed by atoms with E-state index >= 15 is 0 Å². The van der Waals surface area contributed by atoms with E-state index in [4.69, 9.17) is 0 Å². The Morgan fingerprint density at radius 2 is 2.05 bits per heavy atom. The normalized spacial score (nSPS) is 24.7. The number of thiazole rings is 1. The Balaban J connectivity index is 1.87. The lowest BCUT2D eigenvalue weighted by Crippen LogP contribution is -2.25. The molecular formula is C13H13F3N2O2S2. The molecule has 0 spiro atoms. The predicted molar refractivity (Wildman–Crippen MR) is 79.9 cm³/mol. The van der Waals surface area contributed by atoms with Crippen LogP contribution in [0.25, 0.3) is 10.2 Å². The minimum Gasteiger partial charge on any atom is -0.357 e. The van der Waals surface area contributed by atoms with Gasteiger partial charge in [0.2, 0.25) is 0 Å². The molecule has 2 heterocycles. The van der Waals surface area contributed by atoms with Crippen LogP contribution in [0.5, 0.6) is 0 Å². The van der Waals surface area contributed by atoms with Crippen LogP contribution in [-0.4, -0.2) is 30.9 Å². The number of fused-ring (bicyclic) bond motifs is 1. The topological polar surface area (TPSA) is 59.1 Å². The van der Waals surface area contributed by atoms with Crippen molar-refractivity contribution in [2.45, 2.75) is 19.1 Å². The molecule has 3 rings (SSSR count). The van der Waals surface area contributed by atoms with E-state index in [0.717, 1.165) is 12.1 Å². The number of halogens is 3. The lowest BCUT2D eigenvalue weighted by Gasteiger charge is -2.14. The zero-order valence-electron chi connectivity index (χ0n) is 11.5. The number of nitrogens with one attached hydrogen (secondary N) is 1. The average molecular weight is 350 g/mol. The Bertz CT molecular complexity index is 814. The summed E-state index contributed by atoms with van der Waals surface area (Å²) in [5, 5.41) is 3.49. The maximum absolute atomic E-state index is 12.7. The van der Waals surface area contributed by atoms with E-state index in [0.29, 0.717) is 9.83 Å². The van der Waals surface area contributed by atoms with Gasteiger partial charge in [-0.05, 0) is 24.1 Å². The summed E-state index contributed by atoms with van der Waals surface area (Å²) >= 11 is 1.22. The smallest absolute Gasteiger partial charge is 0.357 e. The number of nitrogens with zero attached hydrogens (tertiary/aromatic N) is 1. The van der Waals surface area contributed by atoms with E-state index in [1.165, 1.54) is 17.4 Å². The Labute approximate surface area is 129 Å². The van der Waals surface area contributed by atoms with Gasteiger partial charge in [0, 0.05) is 6.04 Å². The van der Waals surface area contributed by atoms with Gasteiger partial charge in [0.05, 0.1) is 27.3 Å². The Kier molecular flexibility index (Phi) is 3.59. The van der Waals surface area contributed by atoms with E-state index in [9.17, 15) is 21.6 Å². The molecule has 1 aromatic heterocycles. The van der Waals surface area contributed by atoms with Gasteiger partial charge in [-0.1, -0.05) is 18.3 Å². The number of benzene rings is 1. The quantitative estimate of drug-likeness (QED) is 0.904. The molecular weight excluding hydrogens is 337 g/mol. The third-order valence-corrected chi connectivity index (χ3v) is 6.53. The molecule has 22 heavy (non-hydrogen) atoms. The molecule has 0 bridgehead atoms. The average Bonchev–Trinajstić information content (AvgIpc) is 2.87. The highest BCUT2D eigenvalue weighted by Gasteiger charge is 2.35. The minimum atomic E-state index is -4.40. The fourth-order valence-electron chi connectivity index (χ4n) is 2.53. The Morgan fingerprint density at radius 3 is 2.64 bits per heavy atom. The molecule has 0 saturated carbocycles. The van der Waals surface area contributed by atoms with E-state index in [-0.39, 0.29) is 29.0 Å². The minimum absolute atomic E-state index is 0.0257. The van der Waals surface area contributed by atoms with Gasteiger partial charge in [-0.3, -0.25) is 0 Å². The summed E-state index contributed by atoms with van der Waals surface area (Å²) < 4.78 is 61.8. The van der Waals surface area contributed by atoms with Crippen LogP contribution in [-0.2, 0) is 16.0 Å². The molecule has 1 aliphatic rings. The Morgan fingerprint density at radius 1 is 1.32 bits per heavy atom. The highest BCUT2D eigenvalue weighted by atomic mass is 32.2. The Hall–Kier alpha value is -1.35. The van der Waals surface area contributed by atoms with Gasteiger partial charge < -0.3 is 5.32 Å². The highest BCUT2D eigenvalue weighted by Crippen LogP contribution is 2.34. The summed E-state index contributed by atoms with van der Waals surface area (Å²) in [7, 11) is -3.06. The van der Waals surface area contributed by atoms with Crippen LogP contribution in [0.4, 0.5) is 18.3 Å². The van der Waals surface area contributed by atoms with Gasteiger partial charge in [-0.25, -0.2) is 13.4 Å². The van der Waals surface area contributed by atoms with Crippen LogP contribution < -0.4 is 5.32 Å². The molecule has 1 aliphatic heterocycles. The summed E-state index contributed by atoms with van der Waals surface area (Å²) in [6, 6.07) is 3.15. The molecule has 1 saturated heterocycles. The van der Waals surface area contributed by atoms with Crippen LogP contribution in [0.1, 0.15) is 12.5 Å². The lowest BCUT2D eigenvalue weighted by molar-refractivity contribution is -0.137. The summed E-state index contributed by atoms with van der Waals surface area (Å²) in [6.45, 7) is 1.83. The van der Waals surface area contributed by atoms with Crippen LogP contribution >= 0.6 is 11.3 Å². The highest BCUT2D eigenvalue weighted by molar-refractivity contribution is 7.91. The molecule has 0 aliphatic carbocycles. The maximum atomic E-state index is 12.7. The summed E-state index contributed by atoms with van der Waals surface area (Å²) in [5.41, 5.74) is -0.482. The number of sulfone groups is 1. The molecule has 0 amide bonds. The van der Waals surface area contributed by atoms with Gasteiger partial charge in [0.15, 0.2) is 15.0 Å². The van der Waals surface area contributed by atoms with Gasteiger partial charge >= 0.3 is 6.18 Å². The number of hydrogen-bond acceptors (Lipinski definition) is 5. The van der Waals surface area contributed by atoms with Crippen molar-refractivity contribution in [1.29, 1.82) is 0 Å². The molecule has 2 aromatic rings. The molecule has 1 aromatic carbocycles. The SMILES string of the molecule is C[C@H]1CS(=O)(=O)C[C@H]1Nc1nc2cc(C(F)(F)F)ccc2s1. The molecule has 4 nitrogen and oxygen atoms in total. The van der Waals surface area contributed by atoms with E-state index in [1.807, 2.05) is 6.92 Å². The van der Waals surface area contributed by atoms with E-state index in [1.54, 1.807) is 0 Å². The van der Waals surface area contributed by atoms with Gasteiger partial charge in [-0.2, -0.15) is 13.2 Å². The van der Waals surface area contributed by atoms with Crippen molar-refractivity contribution in [1.82, 2.24) is 4.98 Å². The summed E-state index contributed by atoms with van der Waals surface area (Å²) in [6.07, 6.45) is -4.40. The van der Waals surface area contributed by atoms with Crippen LogP contribution in [0, 0.1) is 5.92 Å². The van der Waals surface area contributed by atoms with Crippen molar-refractivity contribution in [3.8, 4) is 0 Å². The van der Waals surface area contributed by atoms with Crippen molar-refractivity contribution in [3.05, 3.63) is 23.8 Å². The molecule has 1 N–H and O–H groups in total. The fourth-order valence-corrected chi connectivity index (χ4v) is 5.57. The van der Waals surface area contributed by atoms with E-state index < -0.39 is 21.6 Å². The zero-order chi connectivity index (χ0) is 16.1. The van der Waals surface area contributed by atoms with Gasteiger partial charge in [0.1, 0.15) is 0 Å². The standard InChI is InChI=1S/C13H13F3N2O2S2/c1-7-5-22(19,20)6-10(7)18-12-17-9-4-8(13(14,15)16)2-3-11(9)21-12/h2-4,7,10H,5-6H2,1H3,(H,17,18)/t7-,10+/m0/s1. The summed E-state index contributed by atoms with van der Waals surface area (Å²) in [5.74, 6) is 0.0915. The number of alkyl halides is 3. The van der Waals surface area contributed by atoms with Crippen molar-refractivity contribution in [3.63, 3.8) is 0 Å². The largest absolute Gasteiger partial charge is 0.416 e. The second kappa shape index (κ2) is 5.09. The second-order valence-corrected chi connectivity index (χ2v) is 8.69. The molecule has 2 atom stereocenters. The number of rotatable bonds is 2. The molecule has 1 fully saturated rings. The molecule has 0 radical (unpaired) electrons. The number of hydrogen-bond donors (Lipinski definition) is 1. The predicted octanol–water partition coefficient (Wildman–Crippen LogP) is 3.16. The van der Waals surface area contributed by atoms with Crippen molar-refractivity contribution >= 4 is 36.5 Å². The third-order valence-electron chi connectivity index (χ3n) is 3.66. The van der Waals surface area contributed by atoms with Crippen molar-refractivity contribution in [2.24, 2.45) is 5.92 Å². The second-order valence-electron chi connectivity index (χ2n) is 5.50. The zero-order valence-corrected chi connectivity index (χ0v) is 13.1. The van der Waals surface area contributed by atoms with Crippen LogP contribution in [0.15, 0.2) is 18.2 Å². The molecule has 9 heteroatoms. The van der Waals surface area contributed by atoms with Gasteiger partial charge in [0.25, 0.3) is 0 Å². The van der Waals surface area contributed by atoms with Crippen molar-refractivity contribution in [2.75, 3.05) is 16.8 Å². The van der Waals surface area contributed by atoms with E-state index in [2.05, 4.69) is 10.3 Å².